The molecule has 1 unspecified atom stereocenters. The summed E-state index contributed by atoms with van der Waals surface area (Å²) in [6.45, 7) is 2.13. The Labute approximate surface area is 179 Å². The first-order valence-electron chi connectivity index (χ1n) is 9.09. The number of hydrogen-bond donors (Lipinski definition) is 0. The van der Waals surface area contributed by atoms with Gasteiger partial charge in [-0.25, -0.2) is 17.7 Å². The number of carbonyl (C=O) groups is 1. The van der Waals surface area contributed by atoms with Crippen molar-refractivity contribution < 1.29 is 44.3 Å². The molecule has 3 rings (SSSR count). The molecule has 0 aromatic heterocycles. The number of halogens is 6. The molecular weight excluding hydrogens is 464 g/mol. The van der Waals surface area contributed by atoms with Gasteiger partial charge in [0.25, 0.3) is 5.91 Å². The molecule has 0 radical (unpaired) electrons. The SMILES string of the molecule is Cc1ccc2c(c1)C(F)N(C(=O)c1cc(S(C)(=O)=O)ccc1O[C@H](C)C(F)(F)F)C2(F)F. The van der Waals surface area contributed by atoms with Crippen LogP contribution in [0.1, 0.15) is 40.3 Å². The highest BCUT2D eigenvalue weighted by Crippen LogP contribution is 2.50. The zero-order valence-electron chi connectivity index (χ0n) is 16.9. The predicted octanol–water partition coefficient (Wildman–Crippen LogP) is 4.90. The molecule has 2 atom stereocenters. The van der Waals surface area contributed by atoms with Crippen molar-refractivity contribution in [2.75, 3.05) is 6.26 Å². The second-order valence-electron chi connectivity index (χ2n) is 7.37. The van der Waals surface area contributed by atoms with Crippen LogP contribution in [0.25, 0.3) is 0 Å². The Bertz CT molecular complexity index is 1180. The number of hydrogen-bond acceptors (Lipinski definition) is 4. The van der Waals surface area contributed by atoms with Crippen LogP contribution in [0.3, 0.4) is 0 Å². The summed E-state index contributed by atoms with van der Waals surface area (Å²) >= 11 is 0. The van der Waals surface area contributed by atoms with Gasteiger partial charge in [-0.1, -0.05) is 23.8 Å². The van der Waals surface area contributed by atoms with Crippen molar-refractivity contribution in [3.8, 4) is 5.75 Å². The van der Waals surface area contributed by atoms with E-state index in [4.69, 9.17) is 4.74 Å². The zero-order valence-corrected chi connectivity index (χ0v) is 17.7. The minimum atomic E-state index is -4.87. The smallest absolute Gasteiger partial charge is 0.425 e. The van der Waals surface area contributed by atoms with E-state index in [0.29, 0.717) is 18.6 Å². The lowest BCUT2D eigenvalue weighted by atomic mass is 10.1. The first kappa shape index (κ1) is 23.9. The van der Waals surface area contributed by atoms with Gasteiger partial charge in [0, 0.05) is 11.8 Å². The summed E-state index contributed by atoms with van der Waals surface area (Å²) < 4.78 is 112. The van der Waals surface area contributed by atoms with Gasteiger partial charge in [0.05, 0.1) is 16.0 Å². The number of ether oxygens (including phenoxy) is 1. The molecule has 0 spiro atoms. The normalized spacial score (nSPS) is 18.9. The Kier molecular flexibility index (Phi) is 5.73. The van der Waals surface area contributed by atoms with Crippen molar-refractivity contribution in [1.82, 2.24) is 4.90 Å². The highest BCUT2D eigenvalue weighted by Gasteiger charge is 2.56. The minimum absolute atomic E-state index is 0.441. The number of alkyl halides is 6. The molecule has 2 aromatic carbocycles. The summed E-state index contributed by atoms with van der Waals surface area (Å²) in [5, 5.41) is 0. The number of aryl methyl sites for hydroxylation is 1. The molecule has 2 aromatic rings. The van der Waals surface area contributed by atoms with E-state index in [9.17, 15) is 39.6 Å². The lowest BCUT2D eigenvalue weighted by Crippen LogP contribution is -2.40. The fourth-order valence-electron chi connectivity index (χ4n) is 3.19. The van der Waals surface area contributed by atoms with E-state index in [1.807, 2.05) is 0 Å². The molecule has 0 N–H and O–H groups in total. The Hall–Kier alpha value is -2.76. The Balaban J connectivity index is 2.14. The molecule has 1 aliphatic rings. The molecule has 1 amide bonds. The number of nitrogens with zero attached hydrogens (tertiary/aromatic N) is 1. The summed E-state index contributed by atoms with van der Waals surface area (Å²) in [6.07, 6.45) is -9.21. The average Bonchev–Trinajstić information content (AvgIpc) is 2.85. The topological polar surface area (TPSA) is 63.7 Å². The zero-order chi connectivity index (χ0) is 24.2. The van der Waals surface area contributed by atoms with Gasteiger partial charge in [-0.3, -0.25) is 4.79 Å². The Morgan fingerprint density at radius 3 is 2.34 bits per heavy atom. The third kappa shape index (κ3) is 4.15. The molecule has 0 fully saturated rings. The van der Waals surface area contributed by atoms with Gasteiger partial charge >= 0.3 is 12.2 Å². The van der Waals surface area contributed by atoms with Crippen molar-refractivity contribution >= 4 is 15.7 Å². The van der Waals surface area contributed by atoms with Gasteiger partial charge in [0.1, 0.15) is 5.75 Å². The van der Waals surface area contributed by atoms with Crippen LogP contribution < -0.4 is 4.74 Å². The highest BCUT2D eigenvalue weighted by atomic mass is 32.2. The van der Waals surface area contributed by atoms with Gasteiger partial charge in [-0.2, -0.15) is 22.0 Å². The van der Waals surface area contributed by atoms with E-state index >= 15 is 0 Å². The van der Waals surface area contributed by atoms with Crippen LogP contribution in [-0.4, -0.2) is 37.8 Å². The molecular formula is C20H17F6NO4S. The van der Waals surface area contributed by atoms with Crippen LogP contribution in [0.15, 0.2) is 41.3 Å². The highest BCUT2D eigenvalue weighted by molar-refractivity contribution is 7.90. The molecule has 0 bridgehead atoms. The second kappa shape index (κ2) is 7.68. The maximum atomic E-state index is 15.0. The molecule has 174 valence electrons. The van der Waals surface area contributed by atoms with Gasteiger partial charge in [0.15, 0.2) is 15.9 Å². The van der Waals surface area contributed by atoms with E-state index in [1.165, 1.54) is 13.0 Å². The first-order chi connectivity index (χ1) is 14.5. The molecule has 32 heavy (non-hydrogen) atoms. The monoisotopic (exact) mass is 481 g/mol. The van der Waals surface area contributed by atoms with E-state index in [1.54, 1.807) is 0 Å². The number of benzene rings is 2. The lowest BCUT2D eigenvalue weighted by molar-refractivity contribution is -0.189. The fraction of sp³-hybridized carbons (Fsp3) is 0.350. The van der Waals surface area contributed by atoms with Crippen LogP contribution in [-0.2, 0) is 15.9 Å². The van der Waals surface area contributed by atoms with Crippen LogP contribution in [0.2, 0.25) is 0 Å². The third-order valence-electron chi connectivity index (χ3n) is 4.91. The van der Waals surface area contributed by atoms with Gasteiger partial charge in [-0.05, 0) is 32.0 Å². The van der Waals surface area contributed by atoms with Crippen molar-refractivity contribution in [3.63, 3.8) is 0 Å². The Morgan fingerprint density at radius 2 is 1.78 bits per heavy atom. The maximum Gasteiger partial charge on any atom is 0.425 e. The number of carbonyl (C=O) groups excluding carboxylic acids is 1. The molecule has 1 heterocycles. The predicted molar refractivity (Wildman–Crippen MR) is 101 cm³/mol. The Morgan fingerprint density at radius 1 is 1.16 bits per heavy atom. The average molecular weight is 481 g/mol. The van der Waals surface area contributed by atoms with E-state index < -0.39 is 72.6 Å². The maximum absolute atomic E-state index is 15.0. The van der Waals surface area contributed by atoms with Crippen LogP contribution >= 0.6 is 0 Å². The molecule has 0 saturated carbocycles. The molecule has 12 heteroatoms. The van der Waals surface area contributed by atoms with Crippen LogP contribution in [0.4, 0.5) is 26.3 Å². The molecule has 0 aliphatic carbocycles. The number of rotatable bonds is 4. The lowest BCUT2D eigenvalue weighted by Gasteiger charge is -2.27. The van der Waals surface area contributed by atoms with Crippen molar-refractivity contribution in [2.24, 2.45) is 0 Å². The van der Waals surface area contributed by atoms with E-state index in [0.717, 1.165) is 30.5 Å². The van der Waals surface area contributed by atoms with E-state index in [-0.39, 0.29) is 0 Å². The summed E-state index contributed by atoms with van der Waals surface area (Å²) in [6, 6.07) is 1.40. The number of amides is 1. The van der Waals surface area contributed by atoms with Gasteiger partial charge in [0.2, 0.25) is 6.30 Å². The minimum Gasteiger partial charge on any atom is -0.480 e. The van der Waals surface area contributed by atoms with Crippen molar-refractivity contribution in [2.45, 2.75) is 43.4 Å². The van der Waals surface area contributed by atoms with E-state index in [2.05, 4.69) is 0 Å². The largest absolute Gasteiger partial charge is 0.480 e. The van der Waals surface area contributed by atoms with Gasteiger partial charge < -0.3 is 4.74 Å². The van der Waals surface area contributed by atoms with Crippen molar-refractivity contribution in [1.29, 1.82) is 0 Å². The first-order valence-corrected chi connectivity index (χ1v) is 11.0. The summed E-state index contributed by atoms with van der Waals surface area (Å²) in [5.41, 5.74) is -1.77. The molecule has 5 nitrogen and oxygen atoms in total. The summed E-state index contributed by atoms with van der Waals surface area (Å²) in [7, 11) is -3.99. The van der Waals surface area contributed by atoms with Gasteiger partial charge in [-0.15, -0.1) is 0 Å². The molecule has 0 saturated heterocycles. The third-order valence-corrected chi connectivity index (χ3v) is 6.02. The van der Waals surface area contributed by atoms with Crippen LogP contribution in [0.5, 0.6) is 5.75 Å². The standard InChI is InChI=1S/C20H17F6NO4S/c1-10-4-6-15-13(8-10)17(21)27(20(15,25)26)18(28)14-9-12(32(3,29)30)5-7-16(14)31-11(2)19(22,23)24/h4-9,11,17H,1-3H3/t11-,17?/m1/s1. The number of fused-ring (bicyclic) bond motifs is 1. The second-order valence-corrected chi connectivity index (χ2v) is 9.39. The number of sulfone groups is 1. The quantitative estimate of drug-likeness (QED) is 0.460. The summed E-state index contributed by atoms with van der Waals surface area (Å²) in [5.74, 6) is -2.55. The van der Waals surface area contributed by atoms with Crippen LogP contribution in [0, 0.1) is 6.92 Å². The molecule has 1 aliphatic heterocycles. The summed E-state index contributed by atoms with van der Waals surface area (Å²) in [4.78, 5) is 12.0. The van der Waals surface area contributed by atoms with Crippen molar-refractivity contribution in [3.05, 3.63) is 58.7 Å². The fourth-order valence-corrected chi connectivity index (χ4v) is 3.84.